The summed E-state index contributed by atoms with van der Waals surface area (Å²) >= 11 is 0. The summed E-state index contributed by atoms with van der Waals surface area (Å²) in [5.74, 6) is 2.43. The van der Waals surface area contributed by atoms with E-state index in [-0.39, 0.29) is 0 Å². The van der Waals surface area contributed by atoms with Crippen LogP contribution in [0, 0.1) is 0 Å². The molecular formula is C16H21N5O+2. The summed E-state index contributed by atoms with van der Waals surface area (Å²) in [6.45, 7) is 4.54. The predicted molar refractivity (Wildman–Crippen MR) is 83.6 cm³/mol. The van der Waals surface area contributed by atoms with Gasteiger partial charge >= 0.3 is 0 Å². The van der Waals surface area contributed by atoms with Crippen molar-refractivity contribution < 1.29 is 14.5 Å². The molecule has 0 aliphatic carbocycles. The molecule has 1 aromatic heterocycles. The second-order valence-corrected chi connectivity index (χ2v) is 6.11. The Morgan fingerprint density at radius 2 is 1.82 bits per heavy atom. The number of para-hydroxylation sites is 2. The molecule has 2 aliphatic rings. The topological polar surface area (TPSA) is 47.1 Å². The summed E-state index contributed by atoms with van der Waals surface area (Å²) in [5, 5.41) is 8.72. The summed E-state index contributed by atoms with van der Waals surface area (Å²) in [5.41, 5.74) is 2.05. The van der Waals surface area contributed by atoms with Gasteiger partial charge in [0.2, 0.25) is 5.82 Å². The quantitative estimate of drug-likeness (QED) is 0.738. The molecule has 2 N–H and O–H groups in total. The van der Waals surface area contributed by atoms with Gasteiger partial charge in [-0.3, -0.25) is 4.90 Å². The van der Waals surface area contributed by atoms with Crippen LogP contribution in [-0.2, 0) is 0 Å². The third-order valence-electron chi connectivity index (χ3n) is 4.61. The fourth-order valence-corrected chi connectivity index (χ4v) is 3.15. The Morgan fingerprint density at radius 1 is 1.05 bits per heavy atom. The van der Waals surface area contributed by atoms with Crippen molar-refractivity contribution in [1.29, 1.82) is 0 Å². The highest BCUT2D eigenvalue weighted by Gasteiger charge is 2.28. The minimum Gasteiger partial charge on any atom is -0.434 e. The number of rotatable bonds is 1. The predicted octanol–water partition coefficient (Wildman–Crippen LogP) is -0.605. The van der Waals surface area contributed by atoms with Crippen LogP contribution >= 0.6 is 0 Å². The van der Waals surface area contributed by atoms with Gasteiger partial charge in [0.1, 0.15) is 31.9 Å². The number of ether oxygens (including phenoxy) is 1. The summed E-state index contributed by atoms with van der Waals surface area (Å²) in [6.07, 6.45) is 0. The third kappa shape index (κ3) is 2.20. The minimum absolute atomic E-state index is 0.587. The van der Waals surface area contributed by atoms with E-state index in [1.165, 1.54) is 18.0 Å². The fourth-order valence-electron chi connectivity index (χ4n) is 3.15. The van der Waals surface area contributed by atoms with Crippen LogP contribution in [0.1, 0.15) is 0 Å². The van der Waals surface area contributed by atoms with E-state index in [1.807, 2.05) is 18.2 Å². The van der Waals surface area contributed by atoms with Crippen LogP contribution < -0.4 is 19.4 Å². The maximum atomic E-state index is 5.88. The fraction of sp³-hybridized carbons (Fsp3) is 0.375. The standard InChI is InChI=1S/C16H19N5O/c1-19-7-9-21(10-8-19)15-11-13-16(18-17-15)22-14-6-4-3-5-12(14)20(13)2/h3-6,11H,7-10H2,1-2H3/p+2. The van der Waals surface area contributed by atoms with Crippen molar-refractivity contribution in [3.8, 4) is 11.6 Å². The van der Waals surface area contributed by atoms with Crippen molar-refractivity contribution in [3.05, 3.63) is 30.3 Å². The SMILES string of the molecule is CN1c2ccccc2Oc2nnc([NH+]3CC[NH+](C)CC3)cc21. The zero-order valence-corrected chi connectivity index (χ0v) is 13.0. The molecule has 114 valence electrons. The van der Waals surface area contributed by atoms with E-state index >= 15 is 0 Å². The average molecular weight is 299 g/mol. The largest absolute Gasteiger partial charge is 0.434 e. The molecule has 6 heteroatoms. The van der Waals surface area contributed by atoms with Gasteiger partial charge in [-0.25, -0.2) is 0 Å². The molecule has 1 saturated heterocycles. The van der Waals surface area contributed by atoms with Crippen LogP contribution in [0.5, 0.6) is 11.6 Å². The lowest BCUT2D eigenvalue weighted by atomic mass is 10.2. The summed E-state index contributed by atoms with van der Waals surface area (Å²) < 4.78 is 5.88. The van der Waals surface area contributed by atoms with E-state index in [0.29, 0.717) is 5.88 Å². The highest BCUT2D eigenvalue weighted by atomic mass is 16.5. The zero-order chi connectivity index (χ0) is 15.1. The first-order chi connectivity index (χ1) is 10.7. The Kier molecular flexibility index (Phi) is 3.20. The van der Waals surface area contributed by atoms with Crippen LogP contribution in [0.15, 0.2) is 30.3 Å². The molecule has 2 aliphatic heterocycles. The maximum absolute atomic E-state index is 5.88. The van der Waals surface area contributed by atoms with Crippen LogP contribution in [0.25, 0.3) is 0 Å². The molecule has 0 bridgehead atoms. The van der Waals surface area contributed by atoms with Gasteiger partial charge < -0.3 is 14.5 Å². The Bertz CT molecular complexity index is 697. The molecule has 0 amide bonds. The van der Waals surface area contributed by atoms with Crippen molar-refractivity contribution in [3.63, 3.8) is 0 Å². The molecule has 4 rings (SSSR count). The van der Waals surface area contributed by atoms with Gasteiger partial charge in [-0.2, -0.15) is 0 Å². The number of likely N-dealkylation sites (N-methyl/N-ethyl adjacent to an activating group) is 1. The first kappa shape index (κ1) is 13.5. The Morgan fingerprint density at radius 3 is 2.64 bits per heavy atom. The molecule has 0 spiro atoms. The van der Waals surface area contributed by atoms with Gasteiger partial charge in [-0.05, 0) is 12.1 Å². The summed E-state index contributed by atoms with van der Waals surface area (Å²) in [4.78, 5) is 5.13. The number of hydrogen-bond donors (Lipinski definition) is 2. The lowest BCUT2D eigenvalue weighted by molar-refractivity contribution is -0.976. The molecule has 0 atom stereocenters. The number of nitrogens with zero attached hydrogens (tertiary/aromatic N) is 3. The Hall–Kier alpha value is -2.18. The van der Waals surface area contributed by atoms with E-state index in [9.17, 15) is 0 Å². The van der Waals surface area contributed by atoms with E-state index in [2.05, 4.69) is 41.3 Å². The van der Waals surface area contributed by atoms with Crippen molar-refractivity contribution >= 4 is 17.2 Å². The van der Waals surface area contributed by atoms with E-state index in [0.717, 1.165) is 36.0 Å². The van der Waals surface area contributed by atoms with Gasteiger partial charge in [0.15, 0.2) is 5.75 Å². The molecule has 2 aromatic rings. The molecule has 3 heterocycles. The minimum atomic E-state index is 0.587. The maximum Gasteiger partial charge on any atom is 0.263 e. The van der Waals surface area contributed by atoms with Gasteiger partial charge in [0.25, 0.3) is 5.88 Å². The number of anilines is 2. The second kappa shape index (κ2) is 5.23. The highest BCUT2D eigenvalue weighted by Crippen LogP contribution is 2.44. The summed E-state index contributed by atoms with van der Waals surface area (Å²) in [6, 6.07) is 10.1. The lowest BCUT2D eigenvalue weighted by Crippen LogP contribution is -3.25. The van der Waals surface area contributed by atoms with Gasteiger partial charge in [-0.1, -0.05) is 17.2 Å². The van der Waals surface area contributed by atoms with Crippen molar-refractivity contribution in [2.75, 3.05) is 45.2 Å². The zero-order valence-electron chi connectivity index (χ0n) is 13.0. The smallest absolute Gasteiger partial charge is 0.263 e. The molecule has 1 aromatic carbocycles. The highest BCUT2D eigenvalue weighted by molar-refractivity contribution is 5.76. The normalized spacial score (nSPS) is 23.5. The van der Waals surface area contributed by atoms with E-state index in [1.54, 1.807) is 4.90 Å². The van der Waals surface area contributed by atoms with Crippen LogP contribution in [-0.4, -0.2) is 50.5 Å². The molecular weight excluding hydrogens is 278 g/mol. The number of benzene rings is 1. The Balaban J connectivity index is 1.67. The molecule has 22 heavy (non-hydrogen) atoms. The average Bonchev–Trinajstić information content (AvgIpc) is 2.56. The number of aromatic nitrogens is 2. The number of quaternary nitrogens is 2. The first-order valence-electron chi connectivity index (χ1n) is 7.77. The molecule has 0 radical (unpaired) electrons. The Labute approximate surface area is 129 Å². The van der Waals surface area contributed by atoms with E-state index in [4.69, 9.17) is 4.74 Å². The van der Waals surface area contributed by atoms with Crippen molar-refractivity contribution in [2.45, 2.75) is 0 Å². The first-order valence-corrected chi connectivity index (χ1v) is 7.77. The number of hydrogen-bond acceptors (Lipinski definition) is 4. The van der Waals surface area contributed by atoms with Crippen LogP contribution in [0.2, 0.25) is 0 Å². The van der Waals surface area contributed by atoms with Crippen molar-refractivity contribution in [1.82, 2.24) is 10.2 Å². The van der Waals surface area contributed by atoms with E-state index < -0.39 is 0 Å². The number of nitrogens with one attached hydrogen (secondary N) is 2. The molecule has 1 fully saturated rings. The van der Waals surface area contributed by atoms with Gasteiger partial charge in [0, 0.05) is 7.05 Å². The van der Waals surface area contributed by atoms with Crippen molar-refractivity contribution in [2.24, 2.45) is 0 Å². The molecule has 6 nitrogen and oxygen atoms in total. The monoisotopic (exact) mass is 299 g/mol. The lowest BCUT2D eigenvalue weighted by Gasteiger charge is -2.30. The number of piperazine rings is 1. The van der Waals surface area contributed by atoms with Crippen LogP contribution in [0.3, 0.4) is 0 Å². The molecule has 0 unspecified atom stereocenters. The van der Waals surface area contributed by atoms with Crippen LogP contribution in [0.4, 0.5) is 17.2 Å². The summed E-state index contributed by atoms with van der Waals surface area (Å²) in [7, 11) is 4.29. The molecule has 0 saturated carbocycles. The van der Waals surface area contributed by atoms with Gasteiger partial charge in [0.05, 0.1) is 18.8 Å². The third-order valence-corrected chi connectivity index (χ3v) is 4.61. The second-order valence-electron chi connectivity index (χ2n) is 6.11. The van der Waals surface area contributed by atoms with Gasteiger partial charge in [-0.15, -0.1) is 5.10 Å². The number of fused-ring (bicyclic) bond motifs is 2.